The Bertz CT molecular complexity index is 1050. The molecule has 3 aromatic rings. The van der Waals surface area contributed by atoms with Gasteiger partial charge in [-0.15, -0.1) is 0 Å². The van der Waals surface area contributed by atoms with Crippen LogP contribution in [0.15, 0.2) is 72.8 Å². The second-order valence-electron chi connectivity index (χ2n) is 7.53. The lowest BCUT2D eigenvalue weighted by Gasteiger charge is -2.24. The lowest BCUT2D eigenvalue weighted by atomic mass is 10.1. The molecule has 0 unspecified atom stereocenters. The van der Waals surface area contributed by atoms with Crippen molar-refractivity contribution in [2.24, 2.45) is 0 Å². The van der Waals surface area contributed by atoms with Crippen LogP contribution in [0, 0.1) is 12.7 Å². The molecule has 0 fully saturated rings. The second-order valence-corrected chi connectivity index (χ2v) is 7.53. The van der Waals surface area contributed by atoms with E-state index in [1.54, 1.807) is 23.1 Å². The van der Waals surface area contributed by atoms with E-state index in [0.717, 1.165) is 23.1 Å². The van der Waals surface area contributed by atoms with Crippen molar-refractivity contribution in [3.8, 4) is 0 Å². The van der Waals surface area contributed by atoms with Gasteiger partial charge in [-0.3, -0.25) is 9.59 Å². The summed E-state index contributed by atoms with van der Waals surface area (Å²) in [7, 11) is 0. The fraction of sp³-hybridized carbons (Fsp3) is 0.231. The van der Waals surface area contributed by atoms with E-state index in [1.807, 2.05) is 56.3 Å². The van der Waals surface area contributed by atoms with E-state index in [9.17, 15) is 14.0 Å². The molecule has 0 bridgehead atoms. The normalized spacial score (nSPS) is 10.5. The van der Waals surface area contributed by atoms with Crippen molar-refractivity contribution >= 4 is 17.5 Å². The number of anilines is 1. The highest BCUT2D eigenvalue weighted by Gasteiger charge is 2.20. The van der Waals surface area contributed by atoms with Gasteiger partial charge in [0.15, 0.2) is 0 Å². The molecule has 0 radical (unpaired) electrons. The minimum Gasteiger partial charge on any atom is -0.356 e. The number of benzene rings is 3. The highest BCUT2D eigenvalue weighted by molar-refractivity contribution is 6.07. The number of hydrogen-bond donors (Lipinski definition) is 1. The zero-order valence-corrected chi connectivity index (χ0v) is 17.9. The quantitative estimate of drug-likeness (QED) is 0.557. The third-order valence-corrected chi connectivity index (χ3v) is 5.03. The number of nitrogens with zero attached hydrogens (tertiary/aromatic N) is 1. The molecule has 0 saturated carbocycles. The van der Waals surface area contributed by atoms with Crippen LogP contribution in [0.5, 0.6) is 0 Å². The number of aryl methyl sites for hydroxylation is 1. The first-order valence-electron chi connectivity index (χ1n) is 10.5. The number of amides is 2. The molecular weight excluding hydrogens is 391 g/mol. The van der Waals surface area contributed by atoms with Crippen molar-refractivity contribution in [3.63, 3.8) is 0 Å². The van der Waals surface area contributed by atoms with E-state index in [2.05, 4.69) is 5.32 Å². The molecule has 0 aliphatic rings. The molecule has 0 saturated heterocycles. The standard InChI is InChI=1S/C26H27FN2O2/c1-3-15-28-25(30)17-21-8-6-9-23(16-21)29(18-20-11-13-22(27)14-12-20)26(31)24-10-5-4-7-19(24)2/h4-14,16H,3,15,17-18H2,1-2H3,(H,28,30). The fourth-order valence-corrected chi connectivity index (χ4v) is 3.36. The molecule has 31 heavy (non-hydrogen) atoms. The van der Waals surface area contributed by atoms with Crippen LogP contribution in [-0.2, 0) is 17.8 Å². The number of halogens is 1. The Labute approximate surface area is 182 Å². The molecule has 3 rings (SSSR count). The Morgan fingerprint density at radius 2 is 1.68 bits per heavy atom. The molecule has 0 aromatic heterocycles. The van der Waals surface area contributed by atoms with Crippen LogP contribution in [-0.4, -0.2) is 18.4 Å². The molecule has 4 nitrogen and oxygen atoms in total. The number of carbonyl (C=O) groups is 2. The molecule has 0 aliphatic carbocycles. The van der Waals surface area contributed by atoms with Crippen LogP contribution in [0.4, 0.5) is 10.1 Å². The predicted molar refractivity (Wildman–Crippen MR) is 122 cm³/mol. The first kappa shape index (κ1) is 22.2. The summed E-state index contributed by atoms with van der Waals surface area (Å²) < 4.78 is 13.4. The molecule has 2 amide bonds. The molecule has 0 spiro atoms. The van der Waals surface area contributed by atoms with Gasteiger partial charge in [0.1, 0.15) is 5.82 Å². The monoisotopic (exact) mass is 418 g/mol. The second kappa shape index (κ2) is 10.5. The van der Waals surface area contributed by atoms with Gasteiger partial charge in [0.2, 0.25) is 5.91 Å². The van der Waals surface area contributed by atoms with E-state index < -0.39 is 0 Å². The van der Waals surface area contributed by atoms with Crippen LogP contribution in [0.25, 0.3) is 0 Å². The third-order valence-electron chi connectivity index (χ3n) is 5.03. The Balaban J connectivity index is 1.93. The summed E-state index contributed by atoms with van der Waals surface area (Å²) in [4.78, 5) is 27.3. The van der Waals surface area contributed by atoms with Gasteiger partial charge in [0, 0.05) is 17.8 Å². The molecule has 160 valence electrons. The van der Waals surface area contributed by atoms with Gasteiger partial charge in [0.25, 0.3) is 5.91 Å². The number of rotatable bonds is 8. The summed E-state index contributed by atoms with van der Waals surface area (Å²) in [5, 5.41) is 2.88. The van der Waals surface area contributed by atoms with Gasteiger partial charge in [-0.05, 0) is 60.4 Å². The van der Waals surface area contributed by atoms with Crippen molar-refractivity contribution < 1.29 is 14.0 Å². The summed E-state index contributed by atoms with van der Waals surface area (Å²) in [6.45, 7) is 4.84. The Hall–Kier alpha value is -3.47. The maximum absolute atomic E-state index is 13.5. The Morgan fingerprint density at radius 3 is 2.39 bits per heavy atom. The zero-order chi connectivity index (χ0) is 22.2. The van der Waals surface area contributed by atoms with Crippen molar-refractivity contribution in [2.75, 3.05) is 11.4 Å². The summed E-state index contributed by atoms with van der Waals surface area (Å²) in [5.41, 5.74) is 3.82. The predicted octanol–water partition coefficient (Wildman–Crippen LogP) is 5.05. The molecule has 0 aliphatic heterocycles. The van der Waals surface area contributed by atoms with Gasteiger partial charge in [-0.25, -0.2) is 4.39 Å². The summed E-state index contributed by atoms with van der Waals surface area (Å²) in [6, 6.07) is 21.0. The van der Waals surface area contributed by atoms with Gasteiger partial charge in [-0.2, -0.15) is 0 Å². The molecular formula is C26H27FN2O2. The van der Waals surface area contributed by atoms with E-state index in [1.165, 1.54) is 12.1 Å². The summed E-state index contributed by atoms with van der Waals surface area (Å²) in [5.74, 6) is -0.509. The van der Waals surface area contributed by atoms with Crippen molar-refractivity contribution in [1.82, 2.24) is 5.32 Å². The van der Waals surface area contributed by atoms with E-state index in [4.69, 9.17) is 0 Å². The smallest absolute Gasteiger partial charge is 0.258 e. The fourth-order valence-electron chi connectivity index (χ4n) is 3.36. The van der Waals surface area contributed by atoms with Gasteiger partial charge >= 0.3 is 0 Å². The average Bonchev–Trinajstić information content (AvgIpc) is 2.77. The minimum atomic E-state index is -0.319. The highest BCUT2D eigenvalue weighted by Crippen LogP contribution is 2.23. The van der Waals surface area contributed by atoms with Gasteiger partial charge in [0.05, 0.1) is 13.0 Å². The van der Waals surface area contributed by atoms with Gasteiger partial charge in [-0.1, -0.05) is 49.4 Å². The topological polar surface area (TPSA) is 49.4 Å². The number of nitrogens with one attached hydrogen (secondary N) is 1. The van der Waals surface area contributed by atoms with Crippen LogP contribution in [0.3, 0.4) is 0 Å². The highest BCUT2D eigenvalue weighted by atomic mass is 19.1. The van der Waals surface area contributed by atoms with Crippen LogP contribution >= 0.6 is 0 Å². The van der Waals surface area contributed by atoms with Crippen LogP contribution in [0.2, 0.25) is 0 Å². The van der Waals surface area contributed by atoms with Crippen molar-refractivity contribution in [3.05, 3.63) is 101 Å². The zero-order valence-electron chi connectivity index (χ0n) is 17.9. The third kappa shape index (κ3) is 6.01. The minimum absolute atomic E-state index is 0.0469. The first-order chi connectivity index (χ1) is 15.0. The first-order valence-corrected chi connectivity index (χ1v) is 10.5. The average molecular weight is 419 g/mol. The maximum atomic E-state index is 13.5. The Morgan fingerprint density at radius 1 is 0.935 bits per heavy atom. The Kier molecular flexibility index (Phi) is 7.55. The number of carbonyl (C=O) groups excluding carboxylic acids is 2. The van der Waals surface area contributed by atoms with Crippen LogP contribution in [0.1, 0.15) is 40.4 Å². The van der Waals surface area contributed by atoms with Crippen molar-refractivity contribution in [1.29, 1.82) is 0 Å². The molecule has 1 N–H and O–H groups in total. The molecule has 5 heteroatoms. The molecule has 0 atom stereocenters. The van der Waals surface area contributed by atoms with Gasteiger partial charge < -0.3 is 10.2 Å². The lowest BCUT2D eigenvalue weighted by molar-refractivity contribution is -0.120. The lowest BCUT2D eigenvalue weighted by Crippen LogP contribution is -2.31. The molecule has 3 aromatic carbocycles. The number of hydrogen-bond acceptors (Lipinski definition) is 2. The largest absolute Gasteiger partial charge is 0.356 e. The van der Waals surface area contributed by atoms with Crippen molar-refractivity contribution in [2.45, 2.75) is 33.2 Å². The maximum Gasteiger partial charge on any atom is 0.258 e. The van der Waals surface area contributed by atoms with Crippen LogP contribution < -0.4 is 10.2 Å². The van der Waals surface area contributed by atoms with E-state index >= 15 is 0 Å². The SMILES string of the molecule is CCCNC(=O)Cc1cccc(N(Cc2ccc(F)cc2)C(=O)c2ccccc2C)c1. The molecule has 0 heterocycles. The van der Waals surface area contributed by atoms with E-state index in [0.29, 0.717) is 24.3 Å². The summed E-state index contributed by atoms with van der Waals surface area (Å²) >= 11 is 0. The summed E-state index contributed by atoms with van der Waals surface area (Å²) in [6.07, 6.45) is 1.12. The van der Waals surface area contributed by atoms with E-state index in [-0.39, 0.29) is 24.1 Å².